The third-order valence-corrected chi connectivity index (χ3v) is 2.50. The van der Waals surface area contributed by atoms with Crippen molar-refractivity contribution in [3.8, 4) is 11.8 Å². The van der Waals surface area contributed by atoms with Gasteiger partial charge in [-0.15, -0.1) is 0 Å². The summed E-state index contributed by atoms with van der Waals surface area (Å²) in [7, 11) is 0. The van der Waals surface area contributed by atoms with Crippen molar-refractivity contribution in [2.75, 3.05) is 13.2 Å². The van der Waals surface area contributed by atoms with E-state index >= 15 is 0 Å². The van der Waals surface area contributed by atoms with Crippen LogP contribution >= 0.6 is 0 Å². The van der Waals surface area contributed by atoms with E-state index in [1.54, 1.807) is 20.8 Å². The summed E-state index contributed by atoms with van der Waals surface area (Å²) in [6, 6.07) is 0. The van der Waals surface area contributed by atoms with Gasteiger partial charge in [-0.25, -0.2) is 4.79 Å². The molecule has 0 aromatic heterocycles. The highest BCUT2D eigenvalue weighted by Gasteiger charge is 2.24. The van der Waals surface area contributed by atoms with Gasteiger partial charge in [0, 0.05) is 6.61 Å². The number of carbonyl (C=O) groups excluding carboxylic acids is 2. The van der Waals surface area contributed by atoms with Crippen LogP contribution in [0.1, 0.15) is 40.0 Å². The molecule has 1 atom stereocenters. The quantitative estimate of drug-likeness (QED) is 0.334. The summed E-state index contributed by atoms with van der Waals surface area (Å²) >= 11 is 0. The summed E-state index contributed by atoms with van der Waals surface area (Å²) in [4.78, 5) is 22.4. The number of Topliss-reactive ketones (excluding diaryl/α,β-unsaturated/α-hetero) is 1. The average Bonchev–Trinajstić information content (AvgIpc) is 2.37. The summed E-state index contributed by atoms with van der Waals surface area (Å²) in [5.41, 5.74) is -0.843. The highest BCUT2D eigenvalue weighted by Crippen LogP contribution is 2.19. The van der Waals surface area contributed by atoms with Crippen LogP contribution in [0, 0.1) is 11.8 Å². The lowest BCUT2D eigenvalue weighted by molar-refractivity contribution is -0.199. The van der Waals surface area contributed by atoms with Crippen molar-refractivity contribution in [3.63, 3.8) is 0 Å². The molecule has 0 saturated carbocycles. The van der Waals surface area contributed by atoms with Crippen LogP contribution in [0.25, 0.3) is 0 Å². The molecule has 1 aliphatic rings. The molecule has 0 radical (unpaired) electrons. The number of hydrogen-bond acceptors (Lipinski definition) is 5. The van der Waals surface area contributed by atoms with Crippen LogP contribution < -0.4 is 0 Å². The first-order valence-electron chi connectivity index (χ1n) is 6.48. The number of esters is 1. The fourth-order valence-electron chi connectivity index (χ4n) is 1.62. The van der Waals surface area contributed by atoms with E-state index in [-0.39, 0.29) is 12.9 Å². The molecule has 1 rings (SSSR count). The van der Waals surface area contributed by atoms with Gasteiger partial charge in [-0.1, -0.05) is 5.92 Å². The van der Waals surface area contributed by atoms with E-state index in [1.807, 2.05) is 0 Å². The molecule has 5 nitrogen and oxygen atoms in total. The van der Waals surface area contributed by atoms with Gasteiger partial charge in [0.1, 0.15) is 5.60 Å². The van der Waals surface area contributed by atoms with Crippen molar-refractivity contribution in [2.24, 2.45) is 0 Å². The van der Waals surface area contributed by atoms with Crippen LogP contribution in [0.4, 0.5) is 0 Å². The van der Waals surface area contributed by atoms with Crippen LogP contribution in [-0.2, 0) is 23.8 Å². The van der Waals surface area contributed by atoms with Gasteiger partial charge in [-0.2, -0.15) is 0 Å². The third-order valence-electron chi connectivity index (χ3n) is 2.50. The lowest BCUT2D eigenvalue weighted by Crippen LogP contribution is -2.33. The molecule has 19 heavy (non-hydrogen) atoms. The Morgan fingerprint density at radius 1 is 1.37 bits per heavy atom. The molecule has 0 bridgehead atoms. The molecule has 0 aromatic rings. The molecule has 0 N–H and O–H groups in total. The normalized spacial score (nSPS) is 19.2. The average molecular weight is 268 g/mol. The minimum absolute atomic E-state index is 0.155. The monoisotopic (exact) mass is 268 g/mol. The first-order chi connectivity index (χ1) is 8.94. The van der Waals surface area contributed by atoms with Gasteiger partial charge in [0.15, 0.2) is 6.29 Å². The fraction of sp³-hybridized carbons (Fsp3) is 0.714. The largest absolute Gasteiger partial charge is 0.459 e. The Balaban J connectivity index is 2.53. The first-order valence-corrected chi connectivity index (χ1v) is 6.48. The Morgan fingerprint density at radius 3 is 2.68 bits per heavy atom. The van der Waals surface area contributed by atoms with Crippen molar-refractivity contribution >= 4 is 11.8 Å². The second-order valence-corrected chi connectivity index (χ2v) is 4.72. The second kappa shape index (κ2) is 7.27. The third kappa shape index (κ3) is 5.86. The Labute approximate surface area is 113 Å². The highest BCUT2D eigenvalue weighted by molar-refractivity contribution is 6.40. The van der Waals surface area contributed by atoms with Crippen LogP contribution in [0.2, 0.25) is 0 Å². The van der Waals surface area contributed by atoms with Gasteiger partial charge in [0.05, 0.1) is 6.61 Å². The molecule has 1 saturated heterocycles. The number of rotatable bonds is 4. The summed E-state index contributed by atoms with van der Waals surface area (Å²) in [6.45, 7) is 5.93. The lowest BCUT2D eigenvalue weighted by Gasteiger charge is -2.29. The number of hydrogen-bond donors (Lipinski definition) is 0. The van der Waals surface area contributed by atoms with E-state index in [9.17, 15) is 9.59 Å². The predicted octanol–water partition coefficient (Wildman–Crippen LogP) is 1.44. The van der Waals surface area contributed by atoms with E-state index < -0.39 is 17.4 Å². The maximum absolute atomic E-state index is 11.3. The number of ketones is 1. The smallest absolute Gasteiger partial charge is 0.388 e. The zero-order valence-corrected chi connectivity index (χ0v) is 11.7. The second-order valence-electron chi connectivity index (χ2n) is 4.72. The van der Waals surface area contributed by atoms with Crippen molar-refractivity contribution in [3.05, 3.63) is 0 Å². The molecule has 1 aliphatic heterocycles. The van der Waals surface area contributed by atoms with Crippen LogP contribution in [-0.4, -0.2) is 36.9 Å². The molecular formula is C14H20O5. The number of ether oxygens (including phenoxy) is 3. The molecule has 1 heterocycles. The zero-order valence-electron chi connectivity index (χ0n) is 11.7. The summed E-state index contributed by atoms with van der Waals surface area (Å²) in [5, 5.41) is 0. The van der Waals surface area contributed by atoms with Crippen molar-refractivity contribution in [1.82, 2.24) is 0 Å². The maximum Gasteiger partial charge on any atom is 0.388 e. The zero-order chi connectivity index (χ0) is 14.3. The highest BCUT2D eigenvalue weighted by atomic mass is 16.7. The van der Waals surface area contributed by atoms with Gasteiger partial charge < -0.3 is 14.2 Å². The van der Waals surface area contributed by atoms with Gasteiger partial charge in [0.2, 0.25) is 0 Å². The minimum atomic E-state index is -0.931. The Hall–Kier alpha value is -1.38. The molecule has 0 aliphatic carbocycles. The molecule has 0 aromatic carbocycles. The Kier molecular flexibility index (Phi) is 6.00. The molecular weight excluding hydrogens is 248 g/mol. The van der Waals surface area contributed by atoms with Gasteiger partial charge >= 0.3 is 11.8 Å². The standard InChI is InChI=1S/C14H20O5/c1-4-17-13(16)11(15)8-9-14(2,3)19-12-7-5-6-10-18-12/h12H,4-7,10H2,1-3H3. The topological polar surface area (TPSA) is 61.8 Å². The molecule has 0 spiro atoms. The van der Waals surface area contributed by atoms with E-state index in [0.29, 0.717) is 6.61 Å². The van der Waals surface area contributed by atoms with Crippen molar-refractivity contribution in [2.45, 2.75) is 51.9 Å². The van der Waals surface area contributed by atoms with E-state index in [4.69, 9.17) is 9.47 Å². The lowest BCUT2D eigenvalue weighted by atomic mass is 10.1. The summed E-state index contributed by atoms with van der Waals surface area (Å²) < 4.78 is 15.7. The van der Waals surface area contributed by atoms with Crippen LogP contribution in [0.15, 0.2) is 0 Å². The Morgan fingerprint density at radius 2 is 2.11 bits per heavy atom. The number of carbonyl (C=O) groups is 2. The fourth-order valence-corrected chi connectivity index (χ4v) is 1.62. The molecule has 1 fully saturated rings. The predicted molar refractivity (Wildman–Crippen MR) is 68.2 cm³/mol. The van der Waals surface area contributed by atoms with Crippen LogP contribution in [0.3, 0.4) is 0 Å². The van der Waals surface area contributed by atoms with Crippen molar-refractivity contribution < 1.29 is 23.8 Å². The first kappa shape index (κ1) is 15.7. The maximum atomic E-state index is 11.3. The minimum Gasteiger partial charge on any atom is -0.459 e. The molecule has 106 valence electrons. The van der Waals surface area contributed by atoms with Crippen LogP contribution in [0.5, 0.6) is 0 Å². The van der Waals surface area contributed by atoms with Gasteiger partial charge in [-0.3, -0.25) is 4.79 Å². The molecule has 0 amide bonds. The molecule has 1 unspecified atom stereocenters. The summed E-state index contributed by atoms with van der Waals surface area (Å²) in [6.07, 6.45) is 2.61. The SMILES string of the molecule is CCOC(=O)C(=O)C#CC(C)(C)OC1CCCCO1. The van der Waals surface area contributed by atoms with E-state index in [0.717, 1.165) is 19.3 Å². The van der Waals surface area contributed by atoms with E-state index in [1.165, 1.54) is 0 Å². The van der Waals surface area contributed by atoms with Crippen molar-refractivity contribution in [1.29, 1.82) is 0 Å². The van der Waals surface area contributed by atoms with E-state index in [2.05, 4.69) is 16.6 Å². The van der Waals surface area contributed by atoms with Gasteiger partial charge in [0.25, 0.3) is 0 Å². The Bertz CT molecular complexity index is 382. The molecule has 5 heteroatoms. The summed E-state index contributed by atoms with van der Waals surface area (Å²) in [5.74, 6) is 3.11. The van der Waals surface area contributed by atoms with Gasteiger partial charge in [-0.05, 0) is 46.0 Å².